The van der Waals surface area contributed by atoms with Crippen LogP contribution in [-0.4, -0.2) is 53.9 Å². The van der Waals surface area contributed by atoms with Crippen molar-refractivity contribution in [3.63, 3.8) is 0 Å². The van der Waals surface area contributed by atoms with E-state index < -0.39 is 10.5 Å². The summed E-state index contributed by atoms with van der Waals surface area (Å²) < 4.78 is 16.0. The van der Waals surface area contributed by atoms with E-state index in [1.165, 1.54) is 6.42 Å². The van der Waals surface area contributed by atoms with Gasteiger partial charge in [-0.2, -0.15) is 0 Å². The summed E-state index contributed by atoms with van der Waals surface area (Å²) in [6.07, 6.45) is 11.1. The van der Waals surface area contributed by atoms with Crippen LogP contribution in [0.2, 0.25) is 0 Å². The Hall–Kier alpha value is -2.14. The molecular weight excluding hydrogens is 425 g/mol. The van der Waals surface area contributed by atoms with Crippen LogP contribution in [0.5, 0.6) is 0 Å². The zero-order valence-electron chi connectivity index (χ0n) is 23.0. The molecule has 0 spiro atoms. The van der Waals surface area contributed by atoms with Crippen LogP contribution in [-0.2, 0) is 4.74 Å². The fourth-order valence-electron chi connectivity index (χ4n) is 1.92. The van der Waals surface area contributed by atoms with E-state index in [-0.39, 0.29) is 31.1 Å². The lowest BCUT2D eigenvalue weighted by Crippen LogP contribution is -2.47. The number of hydrogen-bond donors (Lipinski definition) is 1. The molecule has 0 aromatic carbocycles. The minimum Gasteiger partial charge on any atom is -0.444 e. The van der Waals surface area contributed by atoms with Crippen LogP contribution in [0.3, 0.4) is 0 Å². The van der Waals surface area contributed by atoms with E-state index in [1.54, 1.807) is 11.8 Å². The Bertz CT molecular complexity index is 468. The van der Waals surface area contributed by atoms with E-state index in [1.807, 2.05) is 48.5 Å². The van der Waals surface area contributed by atoms with Gasteiger partial charge in [0.15, 0.2) is 0 Å². The van der Waals surface area contributed by atoms with Gasteiger partial charge in [-0.05, 0) is 46.6 Å². The second-order valence-electron chi connectivity index (χ2n) is 7.34. The molecule has 7 nitrogen and oxygen atoms in total. The molecule has 0 saturated carbocycles. The number of rotatable bonds is 5. The monoisotopic (exact) mass is 477 g/mol. The highest BCUT2D eigenvalue weighted by Gasteiger charge is 2.27. The van der Waals surface area contributed by atoms with Gasteiger partial charge in [-0.3, -0.25) is 14.5 Å². The van der Waals surface area contributed by atoms with Crippen molar-refractivity contribution < 1.29 is 18.8 Å². The first kappa shape index (κ1) is 41.1. The molecule has 0 aromatic rings. The number of amides is 1. The lowest BCUT2D eigenvalue weighted by molar-refractivity contribution is -0.425. The number of hydrogen-bond acceptors (Lipinski definition) is 5. The standard InChI is InChI=1S/C13H23N3O4.C3H7F.C3H8.2C2H6.C2H2/c1-10(16(18)19)9-14-11-5-7-15(8-6-11)12(17)20-13(2,3)4;1-2-3-4;1-3-2;3*1-2/h11,14H,1,5-9H2,2-4H3;2-3H2,1H3;3H2,1-2H3;2*1-2H3;1-2H. The molecule has 0 bridgehead atoms. The van der Waals surface area contributed by atoms with Gasteiger partial charge in [0, 0.05) is 19.1 Å². The number of alkyl halides is 1. The molecule has 0 aromatic heterocycles. The maximum atomic E-state index is 11.9. The second kappa shape index (κ2) is 29.9. The quantitative estimate of drug-likeness (QED) is 0.266. The van der Waals surface area contributed by atoms with Gasteiger partial charge in [0.1, 0.15) is 5.60 Å². The minimum absolute atomic E-state index is 0.0421. The van der Waals surface area contributed by atoms with E-state index in [0.717, 1.165) is 12.8 Å². The molecule has 0 aliphatic carbocycles. The normalized spacial score (nSPS) is 12.1. The fourth-order valence-corrected chi connectivity index (χ4v) is 1.92. The number of carbonyl (C=O) groups excluding carboxylic acids is 1. The van der Waals surface area contributed by atoms with Gasteiger partial charge < -0.3 is 15.0 Å². The number of piperidine rings is 1. The number of nitrogens with zero attached hydrogens (tertiary/aromatic N) is 2. The summed E-state index contributed by atoms with van der Waals surface area (Å²) in [4.78, 5) is 23.5. The van der Waals surface area contributed by atoms with Crippen molar-refractivity contribution in [1.29, 1.82) is 0 Å². The molecule has 1 rings (SSSR count). The lowest BCUT2D eigenvalue weighted by Gasteiger charge is -2.33. The maximum Gasteiger partial charge on any atom is 0.410 e. The first-order valence-electron chi connectivity index (χ1n) is 11.9. The highest BCUT2D eigenvalue weighted by molar-refractivity contribution is 5.68. The molecule has 8 heteroatoms. The Morgan fingerprint density at radius 1 is 1.15 bits per heavy atom. The smallest absolute Gasteiger partial charge is 0.410 e. The first-order valence-corrected chi connectivity index (χ1v) is 11.9. The van der Waals surface area contributed by atoms with Crippen molar-refractivity contribution in [3.05, 3.63) is 22.4 Å². The largest absolute Gasteiger partial charge is 0.444 e. The molecule has 1 fully saturated rings. The molecule has 1 amide bonds. The van der Waals surface area contributed by atoms with Crippen molar-refractivity contribution >= 4 is 6.09 Å². The highest BCUT2D eigenvalue weighted by atomic mass is 19.1. The van der Waals surface area contributed by atoms with Crippen molar-refractivity contribution in [2.75, 3.05) is 26.3 Å². The molecule has 1 aliphatic heterocycles. The van der Waals surface area contributed by atoms with Gasteiger partial charge in [-0.1, -0.05) is 54.9 Å². The van der Waals surface area contributed by atoms with Crippen molar-refractivity contribution in [1.82, 2.24) is 10.2 Å². The molecule has 1 saturated heterocycles. The molecule has 1 heterocycles. The van der Waals surface area contributed by atoms with Crippen LogP contribution < -0.4 is 5.32 Å². The Kier molecular flexibility index (Phi) is 37.2. The van der Waals surface area contributed by atoms with Gasteiger partial charge >= 0.3 is 6.09 Å². The average molecular weight is 478 g/mol. The fraction of sp³-hybridized carbons (Fsp3) is 0.800. The van der Waals surface area contributed by atoms with Crippen molar-refractivity contribution in [2.45, 2.75) is 107 Å². The number of nitrogens with one attached hydrogen (secondary N) is 1. The summed E-state index contributed by atoms with van der Waals surface area (Å²) in [5.74, 6) is 0. The summed E-state index contributed by atoms with van der Waals surface area (Å²) in [6, 6.07) is 0.172. The molecule has 198 valence electrons. The summed E-state index contributed by atoms with van der Waals surface area (Å²) >= 11 is 0. The summed E-state index contributed by atoms with van der Waals surface area (Å²) in [7, 11) is 0. The molecule has 33 heavy (non-hydrogen) atoms. The van der Waals surface area contributed by atoms with Crippen LogP contribution in [0.1, 0.15) is 94.9 Å². The van der Waals surface area contributed by atoms with Crippen LogP contribution in [0.25, 0.3) is 0 Å². The van der Waals surface area contributed by atoms with Gasteiger partial charge in [0.2, 0.25) is 0 Å². The molecule has 0 radical (unpaired) electrons. The predicted molar refractivity (Wildman–Crippen MR) is 140 cm³/mol. The van der Waals surface area contributed by atoms with Gasteiger partial charge in [-0.15, -0.1) is 12.8 Å². The van der Waals surface area contributed by atoms with Crippen LogP contribution >= 0.6 is 0 Å². The van der Waals surface area contributed by atoms with E-state index in [2.05, 4.69) is 38.6 Å². The van der Waals surface area contributed by atoms with Gasteiger partial charge in [0.05, 0.1) is 18.1 Å². The lowest BCUT2D eigenvalue weighted by atomic mass is 10.1. The van der Waals surface area contributed by atoms with E-state index in [9.17, 15) is 19.3 Å². The van der Waals surface area contributed by atoms with Crippen LogP contribution in [0.15, 0.2) is 12.3 Å². The van der Waals surface area contributed by atoms with Crippen LogP contribution in [0, 0.1) is 23.0 Å². The average Bonchev–Trinajstić information content (AvgIpc) is 2.81. The zero-order chi connectivity index (χ0) is 27.5. The van der Waals surface area contributed by atoms with Crippen molar-refractivity contribution in [3.8, 4) is 12.8 Å². The number of carbonyl (C=O) groups is 1. The number of likely N-dealkylation sites (tertiary alicyclic amines) is 1. The third-order valence-corrected chi connectivity index (χ3v) is 3.19. The summed E-state index contributed by atoms with van der Waals surface area (Å²) in [6.45, 7) is 24.1. The van der Waals surface area contributed by atoms with E-state index in [4.69, 9.17) is 4.74 Å². The summed E-state index contributed by atoms with van der Waals surface area (Å²) in [5.41, 5.74) is -0.533. The predicted octanol–water partition coefficient (Wildman–Crippen LogP) is 6.85. The van der Waals surface area contributed by atoms with E-state index >= 15 is 0 Å². The van der Waals surface area contributed by atoms with Crippen LogP contribution in [0.4, 0.5) is 9.18 Å². The Morgan fingerprint density at radius 3 is 1.79 bits per heavy atom. The van der Waals surface area contributed by atoms with Crippen molar-refractivity contribution in [2.24, 2.45) is 0 Å². The summed E-state index contributed by atoms with van der Waals surface area (Å²) in [5, 5.41) is 13.5. The Morgan fingerprint density at radius 2 is 1.52 bits per heavy atom. The number of nitro groups is 1. The van der Waals surface area contributed by atoms with Gasteiger partial charge in [-0.25, -0.2) is 4.79 Å². The first-order chi connectivity index (χ1) is 15.5. The Balaban J connectivity index is -0.000000168. The molecule has 0 atom stereocenters. The maximum absolute atomic E-state index is 11.9. The molecule has 1 aliphatic rings. The van der Waals surface area contributed by atoms with Gasteiger partial charge in [0.25, 0.3) is 5.70 Å². The minimum atomic E-state index is -0.490. The topological polar surface area (TPSA) is 84.7 Å². The second-order valence-corrected chi connectivity index (χ2v) is 7.34. The number of ether oxygens (including phenoxy) is 1. The number of halogens is 1. The highest BCUT2D eigenvalue weighted by Crippen LogP contribution is 2.15. The molecule has 1 N–H and O–H groups in total. The SMILES string of the molecule is C#C.C=C(CNC1CCN(C(=O)OC(C)(C)C)CC1)[N+](=O)[O-].CC.CC.CCC.CCCF. The zero-order valence-corrected chi connectivity index (χ0v) is 23.0. The number of terminal acetylenes is 1. The third-order valence-electron chi connectivity index (χ3n) is 3.19. The Labute approximate surface area is 203 Å². The molecular formula is C25H52FN3O4. The van der Waals surface area contributed by atoms with E-state index in [0.29, 0.717) is 19.5 Å². The third kappa shape index (κ3) is 32.1. The molecule has 0 unspecified atom stereocenters.